The first kappa shape index (κ1) is 17.3. The van der Waals surface area contributed by atoms with E-state index in [9.17, 15) is 9.59 Å². The van der Waals surface area contributed by atoms with Crippen molar-refractivity contribution in [2.45, 2.75) is 32.6 Å². The van der Waals surface area contributed by atoms with Crippen LogP contribution in [0.25, 0.3) is 10.9 Å². The van der Waals surface area contributed by atoms with Crippen LogP contribution in [-0.4, -0.2) is 16.8 Å². The average Bonchev–Trinajstić information content (AvgIpc) is 3.33. The number of hydrogen-bond acceptors (Lipinski definition) is 2. The number of aromatic nitrogens is 1. The third-order valence-electron chi connectivity index (χ3n) is 5.18. The molecule has 5 heteroatoms. The van der Waals surface area contributed by atoms with Gasteiger partial charge in [-0.25, -0.2) is 0 Å². The molecule has 0 radical (unpaired) electrons. The molecule has 3 aromatic rings. The van der Waals surface area contributed by atoms with Gasteiger partial charge in [-0.2, -0.15) is 0 Å². The molecule has 0 aliphatic heterocycles. The van der Waals surface area contributed by atoms with E-state index in [4.69, 9.17) is 0 Å². The summed E-state index contributed by atoms with van der Waals surface area (Å²) in [7, 11) is 0. The number of hydrogen-bond donors (Lipinski definition) is 3. The Bertz CT molecular complexity index is 967. The van der Waals surface area contributed by atoms with Crippen molar-refractivity contribution < 1.29 is 9.59 Å². The quantitative estimate of drug-likeness (QED) is 0.621. The highest BCUT2D eigenvalue weighted by Crippen LogP contribution is 2.29. The second kappa shape index (κ2) is 7.27. The zero-order valence-corrected chi connectivity index (χ0v) is 15.3. The number of aromatic amines is 1. The van der Waals surface area contributed by atoms with Crippen LogP contribution in [0, 0.1) is 12.8 Å². The lowest BCUT2D eigenvalue weighted by atomic mass is 10.1. The zero-order chi connectivity index (χ0) is 18.8. The molecule has 1 heterocycles. The molecule has 138 valence electrons. The average molecular weight is 361 g/mol. The number of carbonyl (C=O) groups excluding carboxylic acids is 2. The van der Waals surface area contributed by atoms with Crippen LogP contribution in [0.2, 0.25) is 0 Å². The molecule has 0 bridgehead atoms. The Morgan fingerprint density at radius 3 is 2.52 bits per heavy atom. The predicted molar refractivity (Wildman–Crippen MR) is 108 cm³/mol. The lowest BCUT2D eigenvalue weighted by Crippen LogP contribution is -2.22. The maximum atomic E-state index is 12.7. The number of aryl methyl sites for hydroxylation is 1. The Balaban J connectivity index is 1.56. The Morgan fingerprint density at radius 1 is 0.963 bits per heavy atom. The largest absolute Gasteiger partial charge is 0.351 e. The molecule has 0 spiro atoms. The van der Waals surface area contributed by atoms with Crippen LogP contribution < -0.4 is 10.6 Å². The fraction of sp³-hybridized carbons (Fsp3) is 0.273. The van der Waals surface area contributed by atoms with Crippen LogP contribution in [0.15, 0.2) is 48.5 Å². The Hall–Kier alpha value is -3.08. The standard InChI is InChI=1S/C22H23N3O2/c1-14-10-11-18(24-21(26)15-6-2-3-7-15)19(12-14)25-22(27)20-13-16-8-4-5-9-17(16)23-20/h4-5,8-13,15,23H,2-3,6-7H2,1H3,(H,24,26)(H,25,27). The van der Waals surface area contributed by atoms with Crippen molar-refractivity contribution in [3.8, 4) is 0 Å². The van der Waals surface area contributed by atoms with E-state index in [1.807, 2.05) is 55.5 Å². The third-order valence-corrected chi connectivity index (χ3v) is 5.18. The molecule has 3 N–H and O–H groups in total. The van der Waals surface area contributed by atoms with Gasteiger partial charge in [-0.3, -0.25) is 9.59 Å². The van der Waals surface area contributed by atoms with E-state index in [-0.39, 0.29) is 17.7 Å². The summed E-state index contributed by atoms with van der Waals surface area (Å²) in [5.74, 6) is -0.116. The van der Waals surface area contributed by atoms with Gasteiger partial charge in [0.15, 0.2) is 0 Å². The molecule has 0 unspecified atom stereocenters. The van der Waals surface area contributed by atoms with Gasteiger partial charge in [-0.15, -0.1) is 0 Å². The number of amides is 2. The zero-order valence-electron chi connectivity index (χ0n) is 15.3. The highest BCUT2D eigenvalue weighted by molar-refractivity contribution is 6.08. The fourth-order valence-electron chi connectivity index (χ4n) is 3.68. The minimum Gasteiger partial charge on any atom is -0.351 e. The minimum absolute atomic E-state index is 0.0393. The van der Waals surface area contributed by atoms with Crippen molar-refractivity contribution >= 4 is 34.1 Å². The Kier molecular flexibility index (Phi) is 4.67. The van der Waals surface area contributed by atoms with Gasteiger partial charge in [-0.05, 0) is 49.6 Å². The van der Waals surface area contributed by atoms with E-state index < -0.39 is 0 Å². The summed E-state index contributed by atoms with van der Waals surface area (Å²) < 4.78 is 0. The Labute approximate surface area is 158 Å². The number of fused-ring (bicyclic) bond motifs is 1. The van der Waals surface area contributed by atoms with Crippen molar-refractivity contribution in [1.82, 2.24) is 4.98 Å². The molecule has 27 heavy (non-hydrogen) atoms. The van der Waals surface area contributed by atoms with Gasteiger partial charge in [0.05, 0.1) is 11.4 Å². The monoisotopic (exact) mass is 361 g/mol. The van der Waals surface area contributed by atoms with E-state index >= 15 is 0 Å². The molecule has 1 aliphatic carbocycles. The molecule has 0 saturated heterocycles. The van der Waals surface area contributed by atoms with Gasteiger partial charge in [0.25, 0.3) is 5.91 Å². The van der Waals surface area contributed by atoms with Crippen molar-refractivity contribution in [2.75, 3.05) is 10.6 Å². The first-order valence-corrected chi connectivity index (χ1v) is 9.41. The number of benzene rings is 2. The van der Waals surface area contributed by atoms with Gasteiger partial charge >= 0.3 is 0 Å². The summed E-state index contributed by atoms with van der Waals surface area (Å²) in [5, 5.41) is 6.93. The van der Waals surface area contributed by atoms with Gasteiger partial charge in [0.1, 0.15) is 5.69 Å². The van der Waals surface area contributed by atoms with Gasteiger partial charge in [0, 0.05) is 16.8 Å². The molecule has 2 aromatic carbocycles. The van der Waals surface area contributed by atoms with Crippen LogP contribution in [0.4, 0.5) is 11.4 Å². The molecule has 1 aromatic heterocycles. The number of H-pyrrole nitrogens is 1. The molecule has 0 atom stereocenters. The normalized spacial score (nSPS) is 14.4. The highest BCUT2D eigenvalue weighted by atomic mass is 16.2. The molecular formula is C22H23N3O2. The number of rotatable bonds is 4. The van der Waals surface area contributed by atoms with E-state index in [2.05, 4.69) is 15.6 Å². The van der Waals surface area contributed by atoms with Crippen LogP contribution in [0.3, 0.4) is 0 Å². The van der Waals surface area contributed by atoms with E-state index in [0.29, 0.717) is 17.1 Å². The second-order valence-corrected chi connectivity index (χ2v) is 7.24. The number of carbonyl (C=O) groups is 2. The van der Waals surface area contributed by atoms with Crippen molar-refractivity contribution in [3.05, 3.63) is 59.8 Å². The summed E-state index contributed by atoms with van der Waals surface area (Å²) in [5.41, 5.74) is 3.68. The summed E-state index contributed by atoms with van der Waals surface area (Å²) in [6.07, 6.45) is 4.09. The fourth-order valence-corrected chi connectivity index (χ4v) is 3.68. The smallest absolute Gasteiger partial charge is 0.272 e. The van der Waals surface area contributed by atoms with Crippen LogP contribution in [0.5, 0.6) is 0 Å². The van der Waals surface area contributed by atoms with Gasteiger partial charge in [-0.1, -0.05) is 37.1 Å². The SMILES string of the molecule is Cc1ccc(NC(=O)C2CCCC2)c(NC(=O)c2cc3ccccc3[nH]2)c1. The molecule has 1 saturated carbocycles. The molecule has 5 nitrogen and oxygen atoms in total. The van der Waals surface area contributed by atoms with Gasteiger partial charge < -0.3 is 15.6 Å². The van der Waals surface area contributed by atoms with E-state index in [1.165, 1.54) is 0 Å². The molecule has 1 fully saturated rings. The molecular weight excluding hydrogens is 338 g/mol. The van der Waals surface area contributed by atoms with Crippen LogP contribution in [0.1, 0.15) is 41.7 Å². The lowest BCUT2D eigenvalue weighted by molar-refractivity contribution is -0.119. The Morgan fingerprint density at radius 2 is 1.74 bits per heavy atom. The molecule has 4 rings (SSSR count). The topological polar surface area (TPSA) is 74.0 Å². The molecule has 2 amide bonds. The predicted octanol–water partition coefficient (Wildman–Crippen LogP) is 4.86. The first-order chi connectivity index (χ1) is 13.1. The van der Waals surface area contributed by atoms with Crippen molar-refractivity contribution in [1.29, 1.82) is 0 Å². The van der Waals surface area contributed by atoms with E-state index in [1.54, 1.807) is 0 Å². The maximum Gasteiger partial charge on any atom is 0.272 e. The highest BCUT2D eigenvalue weighted by Gasteiger charge is 2.23. The first-order valence-electron chi connectivity index (χ1n) is 9.41. The number of nitrogens with one attached hydrogen (secondary N) is 3. The van der Waals surface area contributed by atoms with E-state index in [0.717, 1.165) is 42.1 Å². The summed E-state index contributed by atoms with van der Waals surface area (Å²) >= 11 is 0. The maximum absolute atomic E-state index is 12.7. The lowest BCUT2D eigenvalue weighted by Gasteiger charge is -2.15. The van der Waals surface area contributed by atoms with Crippen LogP contribution in [-0.2, 0) is 4.79 Å². The number of para-hydroxylation sites is 1. The van der Waals surface area contributed by atoms with Crippen molar-refractivity contribution in [3.63, 3.8) is 0 Å². The summed E-state index contributed by atoms with van der Waals surface area (Å²) in [4.78, 5) is 28.4. The van der Waals surface area contributed by atoms with Gasteiger partial charge in [0.2, 0.25) is 5.91 Å². The van der Waals surface area contributed by atoms with Crippen LogP contribution >= 0.6 is 0 Å². The molecule has 1 aliphatic rings. The minimum atomic E-state index is -0.229. The third kappa shape index (κ3) is 3.72. The van der Waals surface area contributed by atoms with Crippen molar-refractivity contribution in [2.24, 2.45) is 5.92 Å². The number of anilines is 2. The summed E-state index contributed by atoms with van der Waals surface area (Å²) in [6, 6.07) is 15.3. The second-order valence-electron chi connectivity index (χ2n) is 7.24. The summed E-state index contributed by atoms with van der Waals surface area (Å²) in [6.45, 7) is 1.96.